The summed E-state index contributed by atoms with van der Waals surface area (Å²) < 4.78 is 27.6. The smallest absolute Gasteiger partial charge is 0.240 e. The van der Waals surface area contributed by atoms with E-state index in [-0.39, 0.29) is 12.1 Å². The molecular formula is C14H22N2O2S. The Balaban J connectivity index is 2.15. The van der Waals surface area contributed by atoms with Crippen LogP contribution in [-0.2, 0) is 10.0 Å². The molecule has 1 N–H and O–H groups in total. The van der Waals surface area contributed by atoms with Crippen LogP contribution in [0.2, 0.25) is 0 Å². The highest BCUT2D eigenvalue weighted by Gasteiger charge is 2.30. The zero-order valence-electron chi connectivity index (χ0n) is 11.5. The van der Waals surface area contributed by atoms with Gasteiger partial charge in [0.15, 0.2) is 0 Å². The van der Waals surface area contributed by atoms with Crippen LogP contribution in [0.15, 0.2) is 35.2 Å². The topological polar surface area (TPSA) is 49.4 Å². The van der Waals surface area contributed by atoms with E-state index in [1.807, 2.05) is 20.2 Å². The van der Waals surface area contributed by atoms with E-state index in [9.17, 15) is 8.42 Å². The van der Waals surface area contributed by atoms with Gasteiger partial charge in [-0.2, -0.15) is 0 Å². The maximum absolute atomic E-state index is 12.3. The second-order valence-electron chi connectivity index (χ2n) is 5.36. The van der Waals surface area contributed by atoms with Crippen LogP contribution in [-0.4, -0.2) is 39.5 Å². The highest BCUT2D eigenvalue weighted by molar-refractivity contribution is 7.89. The average Bonchev–Trinajstić information content (AvgIpc) is 2.39. The first kappa shape index (κ1) is 14.5. The van der Waals surface area contributed by atoms with Gasteiger partial charge in [0.05, 0.1) is 4.90 Å². The average molecular weight is 282 g/mol. The number of likely N-dealkylation sites (N-methyl/N-ethyl adjacent to an activating group) is 1. The fourth-order valence-corrected chi connectivity index (χ4v) is 4.06. The maximum Gasteiger partial charge on any atom is 0.240 e. The van der Waals surface area contributed by atoms with Gasteiger partial charge in [-0.15, -0.1) is 0 Å². The lowest BCUT2D eigenvalue weighted by molar-refractivity contribution is 0.191. The molecule has 1 aliphatic rings. The molecule has 0 saturated heterocycles. The van der Waals surface area contributed by atoms with Crippen molar-refractivity contribution in [3.8, 4) is 0 Å². The van der Waals surface area contributed by atoms with Gasteiger partial charge in [0.2, 0.25) is 10.0 Å². The van der Waals surface area contributed by atoms with Crippen molar-refractivity contribution in [3.63, 3.8) is 0 Å². The minimum Gasteiger partial charge on any atom is -0.305 e. The molecule has 1 aliphatic carbocycles. The molecule has 1 aromatic carbocycles. The Hall–Kier alpha value is -0.910. The van der Waals surface area contributed by atoms with Gasteiger partial charge in [0.25, 0.3) is 0 Å². The number of hydrogen-bond donors (Lipinski definition) is 1. The summed E-state index contributed by atoms with van der Waals surface area (Å²) in [6.07, 6.45) is 4.22. The largest absolute Gasteiger partial charge is 0.305 e. The Labute approximate surface area is 115 Å². The molecule has 106 valence electrons. The highest BCUT2D eigenvalue weighted by atomic mass is 32.2. The molecule has 0 radical (unpaired) electrons. The molecule has 1 aromatic rings. The fourth-order valence-electron chi connectivity index (χ4n) is 2.73. The Bertz CT molecular complexity index is 499. The van der Waals surface area contributed by atoms with Crippen molar-refractivity contribution in [2.75, 3.05) is 14.1 Å². The summed E-state index contributed by atoms with van der Waals surface area (Å²) in [7, 11) is 0.624. The number of hydrogen-bond acceptors (Lipinski definition) is 3. The van der Waals surface area contributed by atoms with Gasteiger partial charge in [-0.3, -0.25) is 0 Å². The number of nitrogens with one attached hydrogen (secondary N) is 1. The van der Waals surface area contributed by atoms with Gasteiger partial charge < -0.3 is 4.90 Å². The lowest BCUT2D eigenvalue weighted by atomic mass is 9.90. The van der Waals surface area contributed by atoms with Gasteiger partial charge in [0.1, 0.15) is 0 Å². The normalized spacial score (nSPS) is 24.6. The van der Waals surface area contributed by atoms with Crippen molar-refractivity contribution in [3.05, 3.63) is 30.3 Å². The molecule has 19 heavy (non-hydrogen) atoms. The van der Waals surface area contributed by atoms with E-state index in [4.69, 9.17) is 0 Å². The van der Waals surface area contributed by atoms with Crippen LogP contribution in [0.3, 0.4) is 0 Å². The Kier molecular flexibility index (Phi) is 4.60. The first-order valence-electron chi connectivity index (χ1n) is 6.74. The van der Waals surface area contributed by atoms with Crippen molar-refractivity contribution in [2.45, 2.75) is 42.7 Å². The zero-order valence-corrected chi connectivity index (χ0v) is 12.4. The van der Waals surface area contributed by atoms with Crippen LogP contribution in [0.1, 0.15) is 25.7 Å². The van der Waals surface area contributed by atoms with Crippen molar-refractivity contribution in [2.24, 2.45) is 0 Å². The summed E-state index contributed by atoms with van der Waals surface area (Å²) in [5, 5.41) is 0. The summed E-state index contributed by atoms with van der Waals surface area (Å²) in [5.74, 6) is 0. The van der Waals surface area contributed by atoms with Crippen molar-refractivity contribution in [1.29, 1.82) is 0 Å². The predicted octanol–water partition coefficient (Wildman–Crippen LogP) is 1.84. The molecule has 1 saturated carbocycles. The first-order chi connectivity index (χ1) is 9.00. The number of rotatable bonds is 4. The molecular weight excluding hydrogens is 260 g/mol. The van der Waals surface area contributed by atoms with Crippen LogP contribution < -0.4 is 4.72 Å². The summed E-state index contributed by atoms with van der Waals surface area (Å²) in [5.41, 5.74) is 0. The van der Waals surface area contributed by atoms with Gasteiger partial charge in [-0.05, 0) is 39.1 Å². The fraction of sp³-hybridized carbons (Fsp3) is 0.571. The van der Waals surface area contributed by atoms with Gasteiger partial charge in [-0.1, -0.05) is 31.0 Å². The molecule has 0 spiro atoms. The SMILES string of the molecule is CN(C)[C@H]1CCCC[C@H]1NS(=O)(=O)c1ccccc1. The van der Waals surface area contributed by atoms with Crippen molar-refractivity contribution >= 4 is 10.0 Å². The van der Waals surface area contributed by atoms with Crippen molar-refractivity contribution < 1.29 is 8.42 Å². The van der Waals surface area contributed by atoms with Gasteiger partial charge in [0, 0.05) is 12.1 Å². The Morgan fingerprint density at radius 2 is 1.74 bits per heavy atom. The summed E-state index contributed by atoms with van der Waals surface area (Å²) in [6.45, 7) is 0. The molecule has 2 atom stereocenters. The molecule has 0 aliphatic heterocycles. The molecule has 2 rings (SSSR count). The molecule has 5 heteroatoms. The van der Waals surface area contributed by atoms with Crippen LogP contribution >= 0.6 is 0 Å². The highest BCUT2D eigenvalue weighted by Crippen LogP contribution is 2.23. The number of benzene rings is 1. The third-order valence-electron chi connectivity index (χ3n) is 3.75. The van der Waals surface area contributed by atoms with E-state index in [1.165, 1.54) is 6.42 Å². The second-order valence-corrected chi connectivity index (χ2v) is 7.07. The Morgan fingerprint density at radius 3 is 2.37 bits per heavy atom. The van der Waals surface area contributed by atoms with Crippen LogP contribution in [0, 0.1) is 0 Å². The Morgan fingerprint density at radius 1 is 1.11 bits per heavy atom. The van der Waals surface area contributed by atoms with Crippen LogP contribution in [0.4, 0.5) is 0 Å². The molecule has 0 heterocycles. The lowest BCUT2D eigenvalue weighted by Crippen LogP contribution is -2.50. The summed E-state index contributed by atoms with van der Waals surface area (Å²) >= 11 is 0. The minimum atomic E-state index is -3.40. The molecule has 0 amide bonds. The molecule has 1 fully saturated rings. The van der Waals surface area contributed by atoms with Crippen molar-refractivity contribution in [1.82, 2.24) is 9.62 Å². The van der Waals surface area contributed by atoms with Crippen LogP contribution in [0.5, 0.6) is 0 Å². The molecule has 4 nitrogen and oxygen atoms in total. The monoisotopic (exact) mass is 282 g/mol. The van der Waals surface area contributed by atoms with E-state index in [0.717, 1.165) is 19.3 Å². The molecule has 0 unspecified atom stereocenters. The van der Waals surface area contributed by atoms with E-state index in [1.54, 1.807) is 24.3 Å². The molecule has 0 bridgehead atoms. The predicted molar refractivity (Wildman–Crippen MR) is 76.5 cm³/mol. The molecule has 0 aromatic heterocycles. The van der Waals surface area contributed by atoms with E-state index < -0.39 is 10.0 Å². The first-order valence-corrected chi connectivity index (χ1v) is 8.23. The van der Waals surface area contributed by atoms with E-state index >= 15 is 0 Å². The lowest BCUT2D eigenvalue weighted by Gasteiger charge is -2.36. The maximum atomic E-state index is 12.3. The summed E-state index contributed by atoms with van der Waals surface area (Å²) in [6, 6.07) is 8.88. The number of sulfonamides is 1. The van der Waals surface area contributed by atoms with E-state index in [0.29, 0.717) is 4.90 Å². The number of nitrogens with zero attached hydrogens (tertiary/aromatic N) is 1. The third kappa shape index (κ3) is 3.55. The van der Waals surface area contributed by atoms with Gasteiger partial charge >= 0.3 is 0 Å². The minimum absolute atomic E-state index is 0.00829. The standard InChI is InChI=1S/C14H22N2O2S/c1-16(2)14-11-7-6-10-13(14)15-19(17,18)12-8-4-3-5-9-12/h3-5,8-9,13-15H,6-7,10-11H2,1-2H3/t13-,14+/m1/s1. The zero-order chi connectivity index (χ0) is 13.9. The second kappa shape index (κ2) is 6.03. The van der Waals surface area contributed by atoms with E-state index in [2.05, 4.69) is 9.62 Å². The quantitative estimate of drug-likeness (QED) is 0.916. The van der Waals surface area contributed by atoms with Gasteiger partial charge in [-0.25, -0.2) is 13.1 Å². The van der Waals surface area contributed by atoms with Crippen LogP contribution in [0.25, 0.3) is 0 Å². The summed E-state index contributed by atoms with van der Waals surface area (Å²) in [4.78, 5) is 2.47. The third-order valence-corrected chi connectivity index (χ3v) is 5.26.